The predicted molar refractivity (Wildman–Crippen MR) is 122 cm³/mol. The Bertz CT molecular complexity index is 746. The molecule has 1 aromatic rings. The maximum absolute atomic E-state index is 12.7. The Morgan fingerprint density at radius 1 is 1.10 bits per heavy atom. The number of halogens is 4. The van der Waals surface area contributed by atoms with Gasteiger partial charge in [0.05, 0.1) is 0 Å². The standard InChI is InChI=1S/C21H29F3N4O.HI/c1-25-20(26-13-10-14-6-5-7-15(11-13)28(14)2)27-18-12-17(18)16-8-3-4-9-19(16)29-21(22,23)24;/h3-4,8-9,13-15,17-18H,5-7,10-12H2,1-2H3,(H2,25,26,27);1H. The molecule has 1 aliphatic carbocycles. The van der Waals surface area contributed by atoms with Gasteiger partial charge in [0.15, 0.2) is 5.96 Å². The molecule has 4 rings (SSSR count). The molecule has 0 amide bonds. The second-order valence-electron chi connectivity index (χ2n) is 8.47. The fourth-order valence-corrected chi connectivity index (χ4v) is 4.98. The van der Waals surface area contributed by atoms with E-state index in [0.29, 0.717) is 23.7 Å². The Balaban J connectivity index is 0.00000256. The van der Waals surface area contributed by atoms with Gasteiger partial charge in [-0.2, -0.15) is 0 Å². The number of fused-ring (bicyclic) bond motifs is 2. The van der Waals surface area contributed by atoms with Crippen molar-refractivity contribution in [1.82, 2.24) is 15.5 Å². The topological polar surface area (TPSA) is 48.9 Å². The SMILES string of the molecule is CN=C(NC1CC2CCCC(C1)N2C)NC1CC1c1ccccc1OC(F)(F)F.I. The Hall–Kier alpha value is -1.23. The summed E-state index contributed by atoms with van der Waals surface area (Å²) in [6.07, 6.45) is 2.09. The number of para-hydroxylation sites is 1. The zero-order valence-corrected chi connectivity index (χ0v) is 19.6. The first kappa shape index (κ1) is 23.4. The summed E-state index contributed by atoms with van der Waals surface area (Å²) in [6, 6.07) is 8.09. The summed E-state index contributed by atoms with van der Waals surface area (Å²) >= 11 is 0. The van der Waals surface area contributed by atoms with Gasteiger partial charge in [0.25, 0.3) is 0 Å². The third-order valence-corrected chi connectivity index (χ3v) is 6.56. The average molecular weight is 538 g/mol. The van der Waals surface area contributed by atoms with Crippen LogP contribution >= 0.6 is 24.0 Å². The second-order valence-corrected chi connectivity index (χ2v) is 8.47. The minimum atomic E-state index is -4.68. The molecule has 30 heavy (non-hydrogen) atoms. The van der Waals surface area contributed by atoms with Gasteiger partial charge in [-0.1, -0.05) is 24.6 Å². The number of hydrogen-bond acceptors (Lipinski definition) is 3. The molecular formula is C21H30F3IN4O. The summed E-state index contributed by atoms with van der Waals surface area (Å²) in [4.78, 5) is 6.87. The second kappa shape index (κ2) is 9.50. The van der Waals surface area contributed by atoms with Crippen molar-refractivity contribution in [3.05, 3.63) is 29.8 Å². The largest absolute Gasteiger partial charge is 0.573 e. The predicted octanol–water partition coefficient (Wildman–Crippen LogP) is 4.24. The van der Waals surface area contributed by atoms with Crippen LogP contribution in [-0.2, 0) is 0 Å². The maximum Gasteiger partial charge on any atom is 0.573 e. The molecule has 1 saturated carbocycles. The van der Waals surface area contributed by atoms with Crippen molar-refractivity contribution in [2.24, 2.45) is 4.99 Å². The van der Waals surface area contributed by atoms with Crippen molar-refractivity contribution in [2.75, 3.05) is 14.1 Å². The molecule has 4 unspecified atom stereocenters. The van der Waals surface area contributed by atoms with Crippen molar-refractivity contribution >= 4 is 29.9 Å². The molecule has 0 spiro atoms. The van der Waals surface area contributed by atoms with Gasteiger partial charge in [-0.3, -0.25) is 4.99 Å². The molecule has 9 heteroatoms. The Kier molecular flexibility index (Phi) is 7.42. The number of nitrogens with one attached hydrogen (secondary N) is 2. The van der Waals surface area contributed by atoms with Crippen LogP contribution < -0.4 is 15.4 Å². The zero-order chi connectivity index (χ0) is 20.6. The molecule has 4 atom stereocenters. The highest BCUT2D eigenvalue weighted by atomic mass is 127. The number of alkyl halides is 3. The van der Waals surface area contributed by atoms with Crippen LogP contribution in [-0.4, -0.2) is 55.5 Å². The van der Waals surface area contributed by atoms with E-state index in [-0.39, 0.29) is 41.7 Å². The number of rotatable bonds is 4. The number of aliphatic imine (C=N–C) groups is 1. The van der Waals surface area contributed by atoms with E-state index in [2.05, 4.69) is 32.3 Å². The van der Waals surface area contributed by atoms with Gasteiger partial charge in [0.2, 0.25) is 0 Å². The molecule has 2 saturated heterocycles. The van der Waals surface area contributed by atoms with Gasteiger partial charge in [0.1, 0.15) is 5.75 Å². The number of benzene rings is 1. The molecule has 3 aliphatic rings. The van der Waals surface area contributed by atoms with E-state index >= 15 is 0 Å². The zero-order valence-electron chi connectivity index (χ0n) is 17.3. The van der Waals surface area contributed by atoms with Crippen LogP contribution in [0.1, 0.15) is 50.0 Å². The Morgan fingerprint density at radius 2 is 1.77 bits per heavy atom. The van der Waals surface area contributed by atoms with E-state index in [0.717, 1.165) is 25.2 Å². The van der Waals surface area contributed by atoms with E-state index in [4.69, 9.17) is 0 Å². The van der Waals surface area contributed by atoms with Gasteiger partial charge < -0.3 is 20.3 Å². The summed E-state index contributed by atoms with van der Waals surface area (Å²) in [7, 11) is 3.97. The van der Waals surface area contributed by atoms with Crippen molar-refractivity contribution in [1.29, 1.82) is 0 Å². The molecule has 168 valence electrons. The summed E-state index contributed by atoms with van der Waals surface area (Å²) in [5, 5.41) is 6.94. The number of hydrogen-bond donors (Lipinski definition) is 2. The molecule has 2 heterocycles. The van der Waals surface area contributed by atoms with Crippen LogP contribution in [0.3, 0.4) is 0 Å². The smallest absolute Gasteiger partial charge is 0.405 e. The molecule has 2 bridgehead atoms. The van der Waals surface area contributed by atoms with Crippen LogP contribution in [0.5, 0.6) is 5.75 Å². The maximum atomic E-state index is 12.7. The molecule has 0 aromatic heterocycles. The van der Waals surface area contributed by atoms with E-state index in [1.807, 2.05) is 0 Å². The first-order chi connectivity index (χ1) is 13.8. The van der Waals surface area contributed by atoms with Crippen LogP contribution in [0.25, 0.3) is 0 Å². The minimum Gasteiger partial charge on any atom is -0.405 e. The number of ether oxygens (including phenoxy) is 1. The fourth-order valence-electron chi connectivity index (χ4n) is 4.98. The van der Waals surface area contributed by atoms with Crippen LogP contribution in [0.2, 0.25) is 0 Å². The van der Waals surface area contributed by atoms with Gasteiger partial charge in [-0.25, -0.2) is 0 Å². The van der Waals surface area contributed by atoms with Gasteiger partial charge in [-0.05, 0) is 50.8 Å². The molecule has 0 radical (unpaired) electrons. The lowest BCUT2D eigenvalue weighted by molar-refractivity contribution is -0.274. The molecule has 2 aliphatic heterocycles. The van der Waals surface area contributed by atoms with E-state index in [9.17, 15) is 13.2 Å². The lowest BCUT2D eigenvalue weighted by Crippen LogP contribution is -2.56. The summed E-state index contributed by atoms with van der Waals surface area (Å²) in [5.74, 6) is 0.615. The van der Waals surface area contributed by atoms with E-state index < -0.39 is 6.36 Å². The van der Waals surface area contributed by atoms with Crippen molar-refractivity contribution < 1.29 is 17.9 Å². The highest BCUT2D eigenvalue weighted by Crippen LogP contribution is 2.45. The van der Waals surface area contributed by atoms with Crippen LogP contribution in [0.15, 0.2) is 29.3 Å². The highest BCUT2D eigenvalue weighted by molar-refractivity contribution is 14.0. The Labute approximate surface area is 192 Å². The molecule has 3 fully saturated rings. The van der Waals surface area contributed by atoms with E-state index in [1.165, 1.54) is 25.3 Å². The molecule has 5 nitrogen and oxygen atoms in total. The third kappa shape index (κ3) is 5.52. The molecule has 1 aromatic carbocycles. The monoisotopic (exact) mass is 538 g/mol. The number of guanidine groups is 1. The lowest BCUT2D eigenvalue weighted by Gasteiger charge is -2.47. The van der Waals surface area contributed by atoms with Crippen molar-refractivity contribution in [3.63, 3.8) is 0 Å². The van der Waals surface area contributed by atoms with Crippen LogP contribution in [0, 0.1) is 0 Å². The first-order valence-electron chi connectivity index (χ1n) is 10.4. The molecule has 2 N–H and O–H groups in total. The number of nitrogens with zero attached hydrogens (tertiary/aromatic N) is 2. The quantitative estimate of drug-likeness (QED) is 0.342. The van der Waals surface area contributed by atoms with Crippen molar-refractivity contribution in [2.45, 2.75) is 75.0 Å². The lowest BCUT2D eigenvalue weighted by atomic mass is 9.82. The van der Waals surface area contributed by atoms with Gasteiger partial charge in [-0.15, -0.1) is 37.1 Å². The number of piperidine rings is 2. The minimum absolute atomic E-state index is 0. The fraction of sp³-hybridized carbons (Fsp3) is 0.667. The highest BCUT2D eigenvalue weighted by Gasteiger charge is 2.43. The van der Waals surface area contributed by atoms with Crippen LogP contribution in [0.4, 0.5) is 13.2 Å². The molecular weight excluding hydrogens is 508 g/mol. The third-order valence-electron chi connectivity index (χ3n) is 6.56. The summed E-state index contributed by atoms with van der Waals surface area (Å²) < 4.78 is 42.3. The average Bonchev–Trinajstić information content (AvgIpc) is 3.40. The van der Waals surface area contributed by atoms with E-state index in [1.54, 1.807) is 25.2 Å². The van der Waals surface area contributed by atoms with Gasteiger partial charge in [0, 0.05) is 37.1 Å². The first-order valence-corrected chi connectivity index (χ1v) is 10.4. The summed E-state index contributed by atoms with van der Waals surface area (Å²) in [6.45, 7) is 0. The normalized spacial score (nSPS) is 31.5. The Morgan fingerprint density at radius 3 is 2.40 bits per heavy atom. The summed E-state index contributed by atoms with van der Waals surface area (Å²) in [5.41, 5.74) is 0.589. The van der Waals surface area contributed by atoms with Gasteiger partial charge >= 0.3 is 6.36 Å². The van der Waals surface area contributed by atoms with Crippen molar-refractivity contribution in [3.8, 4) is 5.75 Å².